The van der Waals surface area contributed by atoms with E-state index in [0.29, 0.717) is 17.8 Å². The summed E-state index contributed by atoms with van der Waals surface area (Å²) in [5.74, 6) is 0.775. The number of hydrogen-bond acceptors (Lipinski definition) is 5. The standard InChI is InChI=1S/C31H29N3O2S/c1-21-27(35)16-18-33-29(21)31(36)22(10-8-12-24-11-6-7-17-32-24)19-34(33)30-25-13-3-2-9-23(25)20-37-28-15-5-4-14-26(28)30/h2-7,9,11,13-18,22,30H,8,10,12,19-20H2,1H3. The summed E-state index contributed by atoms with van der Waals surface area (Å²) < 4.78 is 1.96. The maximum Gasteiger partial charge on any atom is 0.186 e. The first kappa shape index (κ1) is 23.7. The van der Waals surface area contributed by atoms with Gasteiger partial charge in [0.1, 0.15) is 5.69 Å². The molecule has 0 fully saturated rings. The van der Waals surface area contributed by atoms with Gasteiger partial charge in [0.25, 0.3) is 0 Å². The van der Waals surface area contributed by atoms with Crippen molar-refractivity contribution in [3.8, 4) is 0 Å². The molecule has 0 bridgehead atoms. The summed E-state index contributed by atoms with van der Waals surface area (Å²) in [6.45, 7) is 2.37. The predicted octanol–water partition coefficient (Wildman–Crippen LogP) is 5.72. The van der Waals surface area contributed by atoms with Crippen LogP contribution in [-0.4, -0.2) is 22.0 Å². The Morgan fingerprint density at radius 3 is 2.57 bits per heavy atom. The molecule has 2 unspecified atom stereocenters. The first-order valence-electron chi connectivity index (χ1n) is 12.8. The Balaban J connectivity index is 1.44. The van der Waals surface area contributed by atoms with E-state index in [0.717, 1.165) is 30.7 Å². The number of thioether (sulfide) groups is 1. The number of benzene rings is 2. The number of nitrogens with zero attached hydrogens (tertiary/aromatic N) is 3. The number of carbonyl (C=O) groups excluding carboxylic acids is 1. The van der Waals surface area contributed by atoms with Crippen molar-refractivity contribution in [3.05, 3.63) is 129 Å². The second kappa shape index (κ2) is 10.0. The molecule has 5 nitrogen and oxygen atoms in total. The van der Waals surface area contributed by atoms with Crippen molar-refractivity contribution in [3.63, 3.8) is 0 Å². The van der Waals surface area contributed by atoms with E-state index in [4.69, 9.17) is 0 Å². The zero-order chi connectivity index (χ0) is 25.4. The van der Waals surface area contributed by atoms with Gasteiger partial charge in [-0.25, -0.2) is 0 Å². The minimum Gasteiger partial charge on any atom is -0.300 e. The smallest absolute Gasteiger partial charge is 0.186 e. The molecule has 4 heterocycles. The maximum atomic E-state index is 13.8. The Bertz CT molecular complexity index is 1470. The number of Topliss-reactive ketones (excluding diaryl/α,β-unsaturated/α-hetero) is 1. The van der Waals surface area contributed by atoms with Gasteiger partial charge in [-0.3, -0.25) is 24.3 Å². The fourth-order valence-corrected chi connectivity index (χ4v) is 6.77. The molecular weight excluding hydrogens is 478 g/mol. The minimum absolute atomic E-state index is 0.0607. The minimum atomic E-state index is -0.195. The van der Waals surface area contributed by atoms with Crippen LogP contribution in [0.3, 0.4) is 0 Å². The summed E-state index contributed by atoms with van der Waals surface area (Å²) >= 11 is 1.86. The van der Waals surface area contributed by atoms with E-state index >= 15 is 0 Å². The molecule has 186 valence electrons. The highest BCUT2D eigenvalue weighted by molar-refractivity contribution is 7.98. The van der Waals surface area contributed by atoms with Crippen LogP contribution in [0.15, 0.2) is 94.9 Å². The molecule has 0 spiro atoms. The lowest BCUT2D eigenvalue weighted by Crippen LogP contribution is -2.51. The van der Waals surface area contributed by atoms with Crippen LogP contribution in [0.2, 0.25) is 0 Å². The Kier molecular flexibility index (Phi) is 6.43. The first-order valence-corrected chi connectivity index (χ1v) is 13.8. The van der Waals surface area contributed by atoms with Crippen LogP contribution in [0.25, 0.3) is 0 Å². The lowest BCUT2D eigenvalue weighted by molar-refractivity contribution is 0.0873. The highest BCUT2D eigenvalue weighted by atomic mass is 32.2. The van der Waals surface area contributed by atoms with Gasteiger partial charge in [0.2, 0.25) is 0 Å². The maximum absolute atomic E-state index is 13.8. The molecule has 37 heavy (non-hydrogen) atoms. The Morgan fingerprint density at radius 1 is 0.946 bits per heavy atom. The van der Waals surface area contributed by atoms with Crippen LogP contribution in [0.4, 0.5) is 0 Å². The Hall–Kier alpha value is -3.64. The number of ketones is 1. The van der Waals surface area contributed by atoms with Gasteiger partial charge in [-0.2, -0.15) is 0 Å². The van der Waals surface area contributed by atoms with Crippen molar-refractivity contribution < 1.29 is 4.79 Å². The third-order valence-electron chi connectivity index (χ3n) is 7.57. The van der Waals surface area contributed by atoms with Gasteiger partial charge in [-0.05, 0) is 61.1 Å². The summed E-state index contributed by atoms with van der Waals surface area (Å²) in [4.78, 5) is 32.2. The SMILES string of the molecule is Cc1c2n(ccc1=O)N(C1c3ccccc3CSc3ccccc31)CC(CCCc1ccccn1)C2=O. The van der Waals surface area contributed by atoms with Crippen LogP contribution < -0.4 is 10.4 Å². The lowest BCUT2D eigenvalue weighted by Gasteiger charge is -2.43. The Labute approximate surface area is 221 Å². The topological polar surface area (TPSA) is 55.2 Å². The first-order chi connectivity index (χ1) is 18.1. The van der Waals surface area contributed by atoms with Crippen LogP contribution in [0, 0.1) is 12.8 Å². The summed E-state index contributed by atoms with van der Waals surface area (Å²) in [7, 11) is 0. The van der Waals surface area contributed by atoms with E-state index in [9.17, 15) is 9.59 Å². The molecule has 0 N–H and O–H groups in total. The van der Waals surface area contributed by atoms with Crippen molar-refractivity contribution >= 4 is 17.5 Å². The van der Waals surface area contributed by atoms with E-state index in [1.165, 1.54) is 21.6 Å². The van der Waals surface area contributed by atoms with Gasteiger partial charge < -0.3 is 0 Å². The lowest BCUT2D eigenvalue weighted by atomic mass is 9.88. The average Bonchev–Trinajstić information content (AvgIpc) is 3.09. The molecule has 0 aliphatic carbocycles. The van der Waals surface area contributed by atoms with E-state index in [2.05, 4.69) is 58.5 Å². The third kappa shape index (κ3) is 4.40. The van der Waals surface area contributed by atoms with Gasteiger partial charge in [-0.15, -0.1) is 11.8 Å². The molecule has 0 saturated heterocycles. The summed E-state index contributed by atoms with van der Waals surface area (Å²) in [6, 6.07) is 24.7. The van der Waals surface area contributed by atoms with Crippen molar-refractivity contribution in [2.24, 2.45) is 5.92 Å². The molecular formula is C31H29N3O2S. The predicted molar refractivity (Wildman–Crippen MR) is 148 cm³/mol. The quantitative estimate of drug-likeness (QED) is 0.346. The van der Waals surface area contributed by atoms with Crippen molar-refractivity contribution in [2.75, 3.05) is 11.6 Å². The molecule has 2 aromatic carbocycles. The molecule has 2 aliphatic heterocycles. The third-order valence-corrected chi connectivity index (χ3v) is 8.70. The largest absolute Gasteiger partial charge is 0.300 e. The van der Waals surface area contributed by atoms with Crippen molar-refractivity contribution in [1.82, 2.24) is 9.66 Å². The number of hydrogen-bond donors (Lipinski definition) is 0. The molecule has 4 aromatic rings. The fraction of sp³-hybridized carbons (Fsp3) is 0.258. The fourth-order valence-electron chi connectivity index (χ4n) is 5.67. The van der Waals surface area contributed by atoms with Crippen LogP contribution in [0.1, 0.15) is 57.3 Å². The summed E-state index contributed by atoms with van der Waals surface area (Å²) in [6.07, 6.45) is 6.05. The zero-order valence-corrected chi connectivity index (χ0v) is 21.7. The molecule has 0 saturated carbocycles. The zero-order valence-electron chi connectivity index (χ0n) is 20.8. The molecule has 6 heteroatoms. The van der Waals surface area contributed by atoms with Crippen LogP contribution in [-0.2, 0) is 12.2 Å². The second-order valence-corrected chi connectivity index (χ2v) is 10.8. The van der Waals surface area contributed by atoms with E-state index in [1.54, 1.807) is 19.2 Å². The van der Waals surface area contributed by atoms with Crippen molar-refractivity contribution in [2.45, 2.75) is 42.9 Å². The Morgan fingerprint density at radius 2 is 1.73 bits per heavy atom. The van der Waals surface area contributed by atoms with E-state index in [1.807, 2.05) is 40.8 Å². The van der Waals surface area contributed by atoms with E-state index in [-0.39, 0.29) is 23.2 Å². The molecule has 6 rings (SSSR count). The molecule has 0 radical (unpaired) electrons. The number of carbonyl (C=O) groups is 1. The van der Waals surface area contributed by atoms with Crippen molar-refractivity contribution in [1.29, 1.82) is 0 Å². The summed E-state index contributed by atoms with van der Waals surface area (Å²) in [5, 5.41) is 2.32. The monoisotopic (exact) mass is 507 g/mol. The second-order valence-electron chi connectivity index (χ2n) is 9.82. The molecule has 2 atom stereocenters. The number of rotatable bonds is 5. The van der Waals surface area contributed by atoms with Crippen LogP contribution in [0.5, 0.6) is 0 Å². The highest BCUT2D eigenvalue weighted by Gasteiger charge is 2.38. The van der Waals surface area contributed by atoms with Crippen LogP contribution >= 0.6 is 11.8 Å². The normalized spacial score (nSPS) is 18.5. The van der Waals surface area contributed by atoms with Gasteiger partial charge in [-0.1, -0.05) is 48.5 Å². The average molecular weight is 508 g/mol. The van der Waals surface area contributed by atoms with Gasteiger partial charge >= 0.3 is 0 Å². The molecule has 2 aliphatic rings. The number of fused-ring (bicyclic) bond motifs is 3. The number of aryl methyl sites for hydroxylation is 1. The van der Waals surface area contributed by atoms with E-state index < -0.39 is 0 Å². The summed E-state index contributed by atoms with van der Waals surface area (Å²) in [5.41, 5.74) is 5.79. The number of aromatic nitrogens is 2. The van der Waals surface area contributed by atoms with Gasteiger partial charge in [0.05, 0.1) is 6.04 Å². The highest BCUT2D eigenvalue weighted by Crippen LogP contribution is 2.43. The number of pyridine rings is 2. The van der Waals surface area contributed by atoms with Gasteiger partial charge in [0.15, 0.2) is 11.2 Å². The van der Waals surface area contributed by atoms with Gasteiger partial charge in [0, 0.05) is 52.8 Å². The molecule has 0 amide bonds. The molecule has 2 aromatic heterocycles.